The van der Waals surface area contributed by atoms with Gasteiger partial charge in [0.2, 0.25) is 0 Å². The van der Waals surface area contributed by atoms with Crippen LogP contribution in [0.1, 0.15) is 29.2 Å². The molecule has 0 aliphatic heterocycles. The molecule has 2 aromatic heterocycles. The summed E-state index contributed by atoms with van der Waals surface area (Å²) in [7, 11) is 0. The molecule has 13 rings (SSSR count). The zero-order valence-electron chi connectivity index (χ0n) is 37.8. The molecule has 0 N–H and O–H groups in total. The second-order valence-corrected chi connectivity index (χ2v) is 18.0. The molecule has 0 unspecified atom stereocenters. The highest BCUT2D eigenvalue weighted by Crippen LogP contribution is 2.58. The van der Waals surface area contributed by atoms with Gasteiger partial charge >= 0.3 is 0 Å². The van der Waals surface area contributed by atoms with Crippen molar-refractivity contribution in [2.75, 3.05) is 0 Å². The van der Waals surface area contributed by atoms with Crippen molar-refractivity contribution in [1.82, 2.24) is 9.13 Å². The third-order valence-electron chi connectivity index (χ3n) is 14.5. The Morgan fingerprint density at radius 3 is 1.69 bits per heavy atom. The quantitative estimate of drug-likeness (QED) is 0.144. The largest absolute Gasteiger partial charge is 0.309 e. The molecule has 0 radical (unpaired) electrons. The lowest BCUT2D eigenvalue weighted by atomic mass is 9.66. The van der Waals surface area contributed by atoms with Gasteiger partial charge in [-0.1, -0.05) is 207 Å². The second kappa shape index (κ2) is 15.7. The van der Waals surface area contributed by atoms with Crippen molar-refractivity contribution < 1.29 is 0 Å². The maximum Gasteiger partial charge on any atom is 0.0734 e. The summed E-state index contributed by atoms with van der Waals surface area (Å²) in [6.07, 6.45) is 6.57. The molecule has 0 atom stereocenters. The van der Waals surface area contributed by atoms with Crippen LogP contribution in [0.4, 0.5) is 0 Å². The topological polar surface area (TPSA) is 9.86 Å². The summed E-state index contributed by atoms with van der Waals surface area (Å²) < 4.78 is 4.98. The van der Waals surface area contributed by atoms with E-state index in [1.165, 1.54) is 105 Å². The molecule has 1 aliphatic carbocycles. The number of hydrogen-bond acceptors (Lipinski definition) is 0. The van der Waals surface area contributed by atoms with E-state index >= 15 is 0 Å². The minimum atomic E-state index is -0.650. The van der Waals surface area contributed by atoms with Gasteiger partial charge in [-0.15, -0.1) is 0 Å². The molecular weight excluding hydrogens is 821 g/mol. The molecule has 12 aromatic rings. The van der Waals surface area contributed by atoms with Crippen molar-refractivity contribution in [3.8, 4) is 33.6 Å². The Morgan fingerprint density at radius 1 is 0.426 bits per heavy atom. The first kappa shape index (κ1) is 39.6. The van der Waals surface area contributed by atoms with Gasteiger partial charge in [0.1, 0.15) is 0 Å². The van der Waals surface area contributed by atoms with Crippen molar-refractivity contribution in [3.05, 3.63) is 283 Å². The Morgan fingerprint density at radius 2 is 0.985 bits per heavy atom. The van der Waals surface area contributed by atoms with Gasteiger partial charge in [-0.2, -0.15) is 0 Å². The lowest BCUT2D eigenvalue weighted by Gasteiger charge is -2.35. The smallest absolute Gasteiger partial charge is 0.0734 e. The molecule has 320 valence electrons. The Hall–Kier alpha value is -8.72. The van der Waals surface area contributed by atoms with Crippen molar-refractivity contribution in [3.63, 3.8) is 0 Å². The van der Waals surface area contributed by atoms with Crippen LogP contribution < -0.4 is 0 Å². The predicted octanol–water partition coefficient (Wildman–Crippen LogP) is 17.2. The van der Waals surface area contributed by atoms with Gasteiger partial charge < -0.3 is 9.13 Å². The van der Waals surface area contributed by atoms with E-state index in [2.05, 4.69) is 271 Å². The molecule has 0 fully saturated rings. The SMILES string of the molecule is C=CC1=C(/C=C\C)C(c2ccccc2)(c2ccccc2)c2c1ccc1c3cc(-c4ccc5c(c4)c4ccccc4n5-c4cccc5ccccc45)ccc3n(-c3cccc(-c4ccccc4)c3)c21. The molecule has 2 heterocycles. The number of fused-ring (bicyclic) bond motifs is 9. The number of rotatable bonds is 8. The van der Waals surface area contributed by atoms with Crippen LogP contribution >= 0.6 is 0 Å². The normalized spacial score (nSPS) is 13.4. The van der Waals surface area contributed by atoms with E-state index in [4.69, 9.17) is 0 Å². The van der Waals surface area contributed by atoms with Crippen LogP contribution in [0, 0.1) is 0 Å². The molecule has 1 aliphatic rings. The summed E-state index contributed by atoms with van der Waals surface area (Å²) >= 11 is 0. The molecule has 0 bridgehead atoms. The molecule has 68 heavy (non-hydrogen) atoms. The highest BCUT2D eigenvalue weighted by Gasteiger charge is 2.48. The summed E-state index contributed by atoms with van der Waals surface area (Å²) in [6.45, 7) is 6.62. The number of para-hydroxylation sites is 1. The summed E-state index contributed by atoms with van der Waals surface area (Å²) in [6, 6.07) is 85.0. The Balaban J connectivity index is 1.11. The van der Waals surface area contributed by atoms with Crippen LogP contribution in [-0.4, -0.2) is 9.13 Å². The van der Waals surface area contributed by atoms with Crippen LogP contribution in [0.3, 0.4) is 0 Å². The summed E-state index contributed by atoms with van der Waals surface area (Å²) in [5, 5.41) is 7.36. The molecule has 0 saturated heterocycles. The van der Waals surface area contributed by atoms with E-state index in [-0.39, 0.29) is 0 Å². The van der Waals surface area contributed by atoms with Crippen molar-refractivity contribution in [2.45, 2.75) is 12.3 Å². The molecule has 2 nitrogen and oxygen atoms in total. The first-order valence-electron chi connectivity index (χ1n) is 23.6. The predicted molar refractivity (Wildman–Crippen MR) is 288 cm³/mol. The number of nitrogens with zero attached hydrogens (tertiary/aromatic N) is 2. The van der Waals surface area contributed by atoms with Gasteiger partial charge in [-0.3, -0.25) is 0 Å². The van der Waals surface area contributed by atoms with Crippen LogP contribution in [0.15, 0.2) is 261 Å². The average molecular weight is 867 g/mol. The molecule has 0 saturated carbocycles. The third-order valence-corrected chi connectivity index (χ3v) is 14.5. The zero-order chi connectivity index (χ0) is 45.3. The second-order valence-electron chi connectivity index (χ2n) is 18.0. The van der Waals surface area contributed by atoms with E-state index in [1.54, 1.807) is 0 Å². The van der Waals surface area contributed by atoms with Gasteiger partial charge in [-0.25, -0.2) is 0 Å². The van der Waals surface area contributed by atoms with Crippen molar-refractivity contribution in [2.24, 2.45) is 0 Å². The molecule has 2 heteroatoms. The first-order chi connectivity index (χ1) is 33.7. The van der Waals surface area contributed by atoms with Crippen molar-refractivity contribution >= 4 is 60.0 Å². The van der Waals surface area contributed by atoms with E-state index in [0.717, 1.165) is 16.8 Å². The van der Waals surface area contributed by atoms with Crippen LogP contribution in [0.25, 0.3) is 93.6 Å². The standard InChI is InChI=1S/C66H46N2/c1-3-20-59-52(4-2)55-37-38-56-58-43-48(47-36-40-63-57(42-47)54-32-16-17-33-61(54)68(63)60-34-19-24-45-23-14-15-31-53(45)60)35-39-62(58)67(51-30-18-25-46(41-51)44-21-8-5-9-22-44)65(56)64(55)66(59,49-26-10-6-11-27-49)50-28-12-7-13-29-50/h3-43H,2H2,1H3/b20-3-. The molecule has 10 aromatic carbocycles. The Labute approximate surface area is 396 Å². The first-order valence-corrected chi connectivity index (χ1v) is 23.6. The minimum Gasteiger partial charge on any atom is -0.309 e. The lowest BCUT2D eigenvalue weighted by Crippen LogP contribution is -2.30. The lowest BCUT2D eigenvalue weighted by molar-refractivity contribution is 0.764. The minimum absolute atomic E-state index is 0.650. The fraction of sp³-hybridized carbons (Fsp3) is 0.0303. The van der Waals surface area contributed by atoms with E-state index < -0.39 is 5.41 Å². The number of aromatic nitrogens is 2. The van der Waals surface area contributed by atoms with Crippen LogP contribution in [0.5, 0.6) is 0 Å². The number of benzene rings is 10. The van der Waals surface area contributed by atoms with E-state index in [9.17, 15) is 0 Å². The van der Waals surface area contributed by atoms with Gasteiger partial charge in [0.25, 0.3) is 0 Å². The molecule has 0 amide bonds. The molecule has 0 spiro atoms. The summed E-state index contributed by atoms with van der Waals surface area (Å²) in [5.74, 6) is 0. The van der Waals surface area contributed by atoms with Gasteiger partial charge in [0, 0.05) is 38.2 Å². The van der Waals surface area contributed by atoms with Gasteiger partial charge in [-0.05, 0) is 111 Å². The third kappa shape index (κ3) is 5.77. The van der Waals surface area contributed by atoms with Crippen LogP contribution in [-0.2, 0) is 5.41 Å². The Kier molecular flexibility index (Phi) is 9.16. The number of allylic oxidation sites excluding steroid dienone is 5. The maximum absolute atomic E-state index is 4.49. The van der Waals surface area contributed by atoms with Crippen molar-refractivity contribution in [1.29, 1.82) is 0 Å². The monoisotopic (exact) mass is 866 g/mol. The van der Waals surface area contributed by atoms with E-state index in [0.29, 0.717) is 0 Å². The number of hydrogen-bond donors (Lipinski definition) is 0. The summed E-state index contributed by atoms with van der Waals surface area (Å²) in [4.78, 5) is 0. The zero-order valence-corrected chi connectivity index (χ0v) is 37.8. The highest BCUT2D eigenvalue weighted by atomic mass is 15.0. The maximum atomic E-state index is 4.49. The Bertz CT molecular complexity index is 3990. The fourth-order valence-corrected chi connectivity index (χ4v) is 11.7. The summed E-state index contributed by atoms with van der Waals surface area (Å²) in [5.41, 5.74) is 18.4. The molecular formula is C66H46N2. The van der Waals surface area contributed by atoms with Gasteiger partial charge in [0.05, 0.1) is 33.2 Å². The van der Waals surface area contributed by atoms with E-state index in [1.807, 2.05) is 0 Å². The fourth-order valence-electron chi connectivity index (χ4n) is 11.7. The van der Waals surface area contributed by atoms with Crippen LogP contribution in [0.2, 0.25) is 0 Å². The highest BCUT2D eigenvalue weighted by molar-refractivity contribution is 6.16. The van der Waals surface area contributed by atoms with Gasteiger partial charge in [0.15, 0.2) is 0 Å². The average Bonchev–Trinajstić information content (AvgIpc) is 4.02.